The Morgan fingerprint density at radius 1 is 0.867 bits per heavy atom. The summed E-state index contributed by atoms with van der Waals surface area (Å²) in [6.07, 6.45) is 5.60. The van der Waals surface area contributed by atoms with Gasteiger partial charge in [-0.2, -0.15) is 0 Å². The van der Waals surface area contributed by atoms with Crippen LogP contribution < -0.4 is 0 Å². The van der Waals surface area contributed by atoms with Crippen molar-refractivity contribution in [3.05, 3.63) is 90.1 Å². The van der Waals surface area contributed by atoms with Gasteiger partial charge in [0.25, 0.3) is 0 Å². The lowest BCUT2D eigenvalue weighted by molar-refractivity contribution is -0.159. The van der Waals surface area contributed by atoms with Gasteiger partial charge in [-0.25, -0.2) is 23.9 Å². The van der Waals surface area contributed by atoms with Gasteiger partial charge in [0.15, 0.2) is 0 Å². The average Bonchev–Trinajstić information content (AvgIpc) is 3.13. The van der Waals surface area contributed by atoms with E-state index in [0.29, 0.717) is 0 Å². The van der Waals surface area contributed by atoms with Gasteiger partial charge in [0.1, 0.15) is 17.5 Å². The van der Waals surface area contributed by atoms with E-state index in [1.165, 1.54) is 12.1 Å². The number of aliphatic carboxylic acids is 2. The lowest BCUT2D eigenvalue weighted by Crippen LogP contribution is -2.09. The molecule has 2 aromatic carbocycles. The molecule has 0 fully saturated rings. The predicted molar refractivity (Wildman–Crippen MR) is 109 cm³/mol. The topological polar surface area (TPSA) is 105 Å². The number of carboxylic acid groups (broad SMARTS) is 2. The molecule has 0 amide bonds. The molecule has 0 spiro atoms. The van der Waals surface area contributed by atoms with Crippen molar-refractivity contribution >= 4 is 35.1 Å². The summed E-state index contributed by atoms with van der Waals surface area (Å²) in [6, 6.07) is 20.1. The van der Waals surface area contributed by atoms with Crippen LogP contribution in [0.2, 0.25) is 0 Å². The van der Waals surface area contributed by atoms with Crippen LogP contribution in [0.3, 0.4) is 0 Å². The highest BCUT2D eigenvalue weighted by Crippen LogP contribution is 2.21. The van der Waals surface area contributed by atoms with Crippen molar-refractivity contribution in [3.8, 4) is 5.82 Å². The summed E-state index contributed by atoms with van der Waals surface area (Å²) in [7, 11) is 0. The second-order valence-corrected chi connectivity index (χ2v) is 5.98. The number of rotatable bonds is 3. The average molecular weight is 405 g/mol. The van der Waals surface area contributed by atoms with E-state index < -0.39 is 11.9 Å². The minimum Gasteiger partial charge on any atom is -0.473 e. The zero-order valence-electron chi connectivity index (χ0n) is 15.5. The fourth-order valence-corrected chi connectivity index (χ4v) is 2.63. The Kier molecular flexibility index (Phi) is 6.29. The van der Waals surface area contributed by atoms with E-state index in [2.05, 4.69) is 9.97 Å². The van der Waals surface area contributed by atoms with Crippen LogP contribution in [0.4, 0.5) is 4.39 Å². The lowest BCUT2D eigenvalue weighted by atomic mass is 10.2. The number of hydrogen-bond donors (Lipinski definition) is 2. The maximum absolute atomic E-state index is 13.0. The Labute approximate surface area is 170 Å². The summed E-state index contributed by atoms with van der Waals surface area (Å²) in [5.74, 6) is -2.30. The molecule has 4 aromatic rings. The molecule has 0 aliphatic rings. The normalized spacial score (nSPS) is 10.6. The van der Waals surface area contributed by atoms with Crippen molar-refractivity contribution in [1.82, 2.24) is 14.5 Å². The quantitative estimate of drug-likeness (QED) is 0.501. The number of pyridine rings is 1. The summed E-state index contributed by atoms with van der Waals surface area (Å²) >= 11 is 0. The highest BCUT2D eigenvalue weighted by molar-refractivity contribution is 6.27. The summed E-state index contributed by atoms with van der Waals surface area (Å²) in [4.78, 5) is 27.3. The van der Waals surface area contributed by atoms with E-state index in [1.807, 2.05) is 59.2 Å². The molecule has 0 bridgehead atoms. The molecule has 2 N–H and O–H groups in total. The molecular formula is C22H16FN3O4. The molecule has 0 aliphatic carbocycles. The zero-order chi connectivity index (χ0) is 21.5. The van der Waals surface area contributed by atoms with Crippen LogP contribution >= 0.6 is 0 Å². The SMILES string of the molecule is Fc1ccc(C=Cc2nc3ccccc3n2-c2ccccn2)cc1.O=C(O)C(=O)O. The zero-order valence-corrected chi connectivity index (χ0v) is 15.5. The van der Waals surface area contributed by atoms with Gasteiger partial charge in [0.2, 0.25) is 0 Å². The number of benzene rings is 2. The number of halogens is 1. The molecule has 0 aliphatic heterocycles. The predicted octanol–water partition coefficient (Wildman–Crippen LogP) is 3.89. The maximum Gasteiger partial charge on any atom is 0.414 e. The van der Waals surface area contributed by atoms with Gasteiger partial charge in [-0.05, 0) is 48.0 Å². The summed E-state index contributed by atoms with van der Waals surface area (Å²) < 4.78 is 15.0. The molecule has 150 valence electrons. The molecule has 2 aromatic heterocycles. The second-order valence-electron chi connectivity index (χ2n) is 5.98. The first-order chi connectivity index (χ1) is 14.5. The standard InChI is InChI=1S/C20H14FN3.C2H2O4/c21-16-11-8-15(9-12-16)10-13-20-23-17-5-1-2-6-18(17)24(20)19-7-3-4-14-22-19;3-1(4)2(5)6/h1-14H;(H,3,4)(H,5,6). The molecule has 0 unspecified atom stereocenters. The highest BCUT2D eigenvalue weighted by Gasteiger charge is 2.10. The van der Waals surface area contributed by atoms with E-state index in [9.17, 15) is 4.39 Å². The van der Waals surface area contributed by atoms with Gasteiger partial charge in [-0.15, -0.1) is 0 Å². The van der Waals surface area contributed by atoms with E-state index in [4.69, 9.17) is 19.8 Å². The number of carboxylic acids is 2. The number of hydrogen-bond acceptors (Lipinski definition) is 4. The molecule has 0 saturated heterocycles. The van der Waals surface area contributed by atoms with Gasteiger partial charge in [-0.3, -0.25) is 4.57 Å². The van der Waals surface area contributed by atoms with Gasteiger partial charge in [0.05, 0.1) is 11.0 Å². The third-order valence-corrected chi connectivity index (χ3v) is 3.94. The molecule has 0 radical (unpaired) electrons. The Morgan fingerprint density at radius 3 is 2.17 bits per heavy atom. The van der Waals surface area contributed by atoms with Crippen molar-refractivity contribution in [2.24, 2.45) is 0 Å². The van der Waals surface area contributed by atoms with Gasteiger partial charge >= 0.3 is 11.9 Å². The largest absolute Gasteiger partial charge is 0.473 e. The number of para-hydroxylation sites is 2. The van der Waals surface area contributed by atoms with Crippen LogP contribution in [-0.4, -0.2) is 36.7 Å². The van der Waals surface area contributed by atoms with Crippen molar-refractivity contribution in [2.75, 3.05) is 0 Å². The van der Waals surface area contributed by atoms with Crippen LogP contribution in [0.5, 0.6) is 0 Å². The van der Waals surface area contributed by atoms with E-state index in [0.717, 1.165) is 28.2 Å². The fourth-order valence-electron chi connectivity index (χ4n) is 2.63. The van der Waals surface area contributed by atoms with Crippen molar-refractivity contribution < 1.29 is 24.2 Å². The van der Waals surface area contributed by atoms with Crippen molar-refractivity contribution in [1.29, 1.82) is 0 Å². The lowest BCUT2D eigenvalue weighted by Gasteiger charge is -2.05. The summed E-state index contributed by atoms with van der Waals surface area (Å²) in [5, 5.41) is 14.8. The second kappa shape index (κ2) is 9.24. The number of carbonyl (C=O) groups is 2. The van der Waals surface area contributed by atoms with E-state index in [1.54, 1.807) is 18.3 Å². The molecule has 0 atom stereocenters. The van der Waals surface area contributed by atoms with Crippen LogP contribution in [0.15, 0.2) is 72.9 Å². The highest BCUT2D eigenvalue weighted by atomic mass is 19.1. The third kappa shape index (κ3) is 4.93. The van der Waals surface area contributed by atoms with E-state index >= 15 is 0 Å². The van der Waals surface area contributed by atoms with Crippen LogP contribution in [-0.2, 0) is 9.59 Å². The van der Waals surface area contributed by atoms with Crippen LogP contribution in [0, 0.1) is 5.82 Å². The molecular weight excluding hydrogens is 389 g/mol. The molecule has 0 saturated carbocycles. The fraction of sp³-hybridized carbons (Fsp3) is 0. The van der Waals surface area contributed by atoms with Crippen molar-refractivity contribution in [2.45, 2.75) is 0 Å². The Hall–Kier alpha value is -4.33. The van der Waals surface area contributed by atoms with Gasteiger partial charge in [0, 0.05) is 6.20 Å². The number of imidazole rings is 1. The first-order valence-corrected chi connectivity index (χ1v) is 8.74. The minimum absolute atomic E-state index is 0.243. The van der Waals surface area contributed by atoms with E-state index in [-0.39, 0.29) is 5.82 Å². The van der Waals surface area contributed by atoms with Crippen LogP contribution in [0.25, 0.3) is 29.0 Å². The summed E-state index contributed by atoms with van der Waals surface area (Å²) in [6.45, 7) is 0. The number of fused-ring (bicyclic) bond motifs is 1. The smallest absolute Gasteiger partial charge is 0.414 e. The number of nitrogens with zero attached hydrogens (tertiary/aromatic N) is 3. The van der Waals surface area contributed by atoms with Crippen LogP contribution in [0.1, 0.15) is 11.4 Å². The number of aromatic nitrogens is 3. The third-order valence-electron chi connectivity index (χ3n) is 3.94. The molecule has 7 nitrogen and oxygen atoms in total. The van der Waals surface area contributed by atoms with Crippen molar-refractivity contribution in [3.63, 3.8) is 0 Å². The first kappa shape index (κ1) is 20.4. The molecule has 8 heteroatoms. The molecule has 2 heterocycles. The van der Waals surface area contributed by atoms with Gasteiger partial charge in [-0.1, -0.05) is 36.4 Å². The maximum atomic E-state index is 13.0. The minimum atomic E-state index is -1.82. The molecule has 4 rings (SSSR count). The monoisotopic (exact) mass is 405 g/mol. The molecule has 30 heavy (non-hydrogen) atoms. The Bertz CT molecular complexity index is 1190. The Morgan fingerprint density at radius 2 is 1.53 bits per heavy atom. The Balaban J connectivity index is 0.000000377. The first-order valence-electron chi connectivity index (χ1n) is 8.74. The van der Waals surface area contributed by atoms with Gasteiger partial charge < -0.3 is 10.2 Å². The summed E-state index contributed by atoms with van der Waals surface area (Å²) in [5.41, 5.74) is 2.81.